The van der Waals surface area contributed by atoms with E-state index in [0.29, 0.717) is 24.0 Å². The van der Waals surface area contributed by atoms with Gasteiger partial charge in [0.25, 0.3) is 0 Å². The van der Waals surface area contributed by atoms with Gasteiger partial charge >= 0.3 is 0 Å². The first-order chi connectivity index (χ1) is 8.50. The van der Waals surface area contributed by atoms with Gasteiger partial charge in [0, 0.05) is 32.1 Å². The van der Waals surface area contributed by atoms with Crippen LogP contribution in [-0.2, 0) is 4.79 Å². The Morgan fingerprint density at radius 2 is 1.94 bits per heavy atom. The maximum absolute atomic E-state index is 12.2. The lowest BCUT2D eigenvalue weighted by atomic mass is 10.1. The summed E-state index contributed by atoms with van der Waals surface area (Å²) >= 11 is 4.89. The Labute approximate surface area is 115 Å². The molecule has 0 saturated carbocycles. The van der Waals surface area contributed by atoms with Crippen molar-refractivity contribution in [2.75, 3.05) is 26.2 Å². The second-order valence-corrected chi connectivity index (χ2v) is 5.75. The molecule has 0 atom stereocenters. The van der Waals surface area contributed by atoms with Crippen LogP contribution < -0.4 is 5.73 Å². The number of nitrogens with two attached hydrogens (primary N) is 1. The molecule has 0 bridgehead atoms. The summed E-state index contributed by atoms with van der Waals surface area (Å²) in [4.78, 5) is 16.8. The molecule has 0 spiro atoms. The predicted octanol–water partition coefficient (Wildman–Crippen LogP) is 1.39. The minimum absolute atomic E-state index is 0.242. The highest BCUT2D eigenvalue weighted by Crippen LogP contribution is 2.10. The molecule has 104 valence electrons. The van der Waals surface area contributed by atoms with Gasteiger partial charge in [-0.05, 0) is 33.1 Å². The molecule has 4 nitrogen and oxygen atoms in total. The van der Waals surface area contributed by atoms with Gasteiger partial charge in [0.1, 0.15) is 0 Å². The SMILES string of the molecule is CC(C)N(CCC(N)=S)CC(=O)N1CCCCC1. The van der Waals surface area contributed by atoms with E-state index in [9.17, 15) is 4.79 Å². The van der Waals surface area contributed by atoms with Gasteiger partial charge in [-0.25, -0.2) is 0 Å². The first-order valence-electron chi connectivity index (χ1n) is 6.81. The maximum atomic E-state index is 12.2. The van der Waals surface area contributed by atoms with Gasteiger partial charge in [-0.1, -0.05) is 12.2 Å². The number of likely N-dealkylation sites (tertiary alicyclic amines) is 1. The number of hydrogen-bond acceptors (Lipinski definition) is 3. The van der Waals surface area contributed by atoms with Crippen LogP contribution in [0.1, 0.15) is 39.5 Å². The number of piperidine rings is 1. The lowest BCUT2D eigenvalue weighted by Crippen LogP contribution is -2.45. The Balaban J connectivity index is 2.43. The monoisotopic (exact) mass is 271 g/mol. The van der Waals surface area contributed by atoms with Crippen molar-refractivity contribution in [3.8, 4) is 0 Å². The minimum Gasteiger partial charge on any atom is -0.393 e. The van der Waals surface area contributed by atoms with Gasteiger partial charge in [0.2, 0.25) is 5.91 Å². The molecule has 18 heavy (non-hydrogen) atoms. The summed E-state index contributed by atoms with van der Waals surface area (Å²) in [6, 6.07) is 0.341. The number of carbonyl (C=O) groups is 1. The van der Waals surface area contributed by atoms with Crippen LogP contribution in [0, 0.1) is 0 Å². The fraction of sp³-hybridized carbons (Fsp3) is 0.846. The molecular formula is C13H25N3OS. The Bertz CT molecular complexity index is 288. The van der Waals surface area contributed by atoms with E-state index in [1.165, 1.54) is 6.42 Å². The zero-order valence-electron chi connectivity index (χ0n) is 11.5. The number of hydrogen-bond donors (Lipinski definition) is 1. The van der Waals surface area contributed by atoms with Crippen molar-refractivity contribution < 1.29 is 4.79 Å². The first-order valence-corrected chi connectivity index (χ1v) is 7.21. The lowest BCUT2D eigenvalue weighted by Gasteiger charge is -2.31. The van der Waals surface area contributed by atoms with Gasteiger partial charge in [-0.15, -0.1) is 0 Å². The lowest BCUT2D eigenvalue weighted by molar-refractivity contribution is -0.133. The minimum atomic E-state index is 0.242. The van der Waals surface area contributed by atoms with Crippen LogP contribution in [0.15, 0.2) is 0 Å². The Morgan fingerprint density at radius 1 is 1.33 bits per heavy atom. The van der Waals surface area contributed by atoms with Gasteiger partial charge in [0.05, 0.1) is 11.5 Å². The van der Waals surface area contributed by atoms with Crippen LogP contribution in [0.25, 0.3) is 0 Å². The smallest absolute Gasteiger partial charge is 0.236 e. The molecular weight excluding hydrogens is 246 g/mol. The van der Waals surface area contributed by atoms with Crippen LogP contribution in [0.3, 0.4) is 0 Å². The number of nitrogens with zero attached hydrogens (tertiary/aromatic N) is 2. The molecule has 1 rings (SSSR count). The van der Waals surface area contributed by atoms with Gasteiger partial charge in [-0.2, -0.15) is 0 Å². The normalized spacial score (nSPS) is 16.3. The molecule has 1 aliphatic heterocycles. The molecule has 1 aliphatic rings. The Hall–Kier alpha value is -0.680. The van der Waals surface area contributed by atoms with Crippen molar-refractivity contribution in [3.63, 3.8) is 0 Å². The summed E-state index contributed by atoms with van der Waals surface area (Å²) in [5.41, 5.74) is 5.52. The van der Waals surface area contributed by atoms with Crippen LogP contribution in [-0.4, -0.2) is 52.9 Å². The molecule has 2 N–H and O–H groups in total. The summed E-state index contributed by atoms with van der Waals surface area (Å²) in [6.07, 6.45) is 4.21. The van der Waals surface area contributed by atoms with E-state index in [4.69, 9.17) is 18.0 Å². The third kappa shape index (κ3) is 5.31. The van der Waals surface area contributed by atoms with Crippen molar-refractivity contribution in [1.29, 1.82) is 0 Å². The Kier molecular flexibility index (Phi) is 6.57. The van der Waals surface area contributed by atoms with E-state index < -0.39 is 0 Å². The molecule has 0 aromatic rings. The molecule has 0 radical (unpaired) electrons. The zero-order chi connectivity index (χ0) is 13.5. The summed E-state index contributed by atoms with van der Waals surface area (Å²) in [5, 5.41) is 0. The van der Waals surface area contributed by atoms with E-state index in [-0.39, 0.29) is 5.91 Å². The average molecular weight is 271 g/mol. The van der Waals surface area contributed by atoms with E-state index in [1.807, 2.05) is 4.90 Å². The summed E-state index contributed by atoms with van der Waals surface area (Å²) in [5.74, 6) is 0.242. The van der Waals surface area contributed by atoms with Gasteiger partial charge in [0.15, 0.2) is 0 Å². The van der Waals surface area contributed by atoms with E-state index >= 15 is 0 Å². The predicted molar refractivity (Wildman–Crippen MR) is 78.5 cm³/mol. The van der Waals surface area contributed by atoms with E-state index in [1.54, 1.807) is 0 Å². The summed E-state index contributed by atoms with van der Waals surface area (Å²) < 4.78 is 0. The van der Waals surface area contributed by atoms with Crippen LogP contribution in [0.5, 0.6) is 0 Å². The molecule has 1 amide bonds. The summed E-state index contributed by atoms with van der Waals surface area (Å²) in [7, 11) is 0. The molecule has 0 aliphatic carbocycles. The highest BCUT2D eigenvalue weighted by Gasteiger charge is 2.20. The van der Waals surface area contributed by atoms with E-state index in [0.717, 1.165) is 32.5 Å². The number of amides is 1. The first kappa shape index (κ1) is 15.4. The quantitative estimate of drug-likeness (QED) is 0.742. The van der Waals surface area contributed by atoms with Crippen LogP contribution >= 0.6 is 12.2 Å². The van der Waals surface area contributed by atoms with E-state index in [2.05, 4.69) is 18.7 Å². The highest BCUT2D eigenvalue weighted by atomic mass is 32.1. The molecule has 1 heterocycles. The van der Waals surface area contributed by atoms with Gasteiger partial charge in [-0.3, -0.25) is 9.69 Å². The maximum Gasteiger partial charge on any atom is 0.236 e. The third-order valence-corrected chi connectivity index (χ3v) is 3.63. The second-order valence-electron chi connectivity index (χ2n) is 5.22. The van der Waals surface area contributed by atoms with Crippen LogP contribution in [0.2, 0.25) is 0 Å². The Morgan fingerprint density at radius 3 is 2.44 bits per heavy atom. The number of rotatable bonds is 6. The standard InChI is InChI=1S/C13H25N3OS/c1-11(2)16(9-6-12(14)18)10-13(17)15-7-4-3-5-8-15/h11H,3-10H2,1-2H3,(H2,14,18). The second kappa shape index (κ2) is 7.69. The molecule has 1 fully saturated rings. The number of carbonyl (C=O) groups excluding carboxylic acids is 1. The van der Waals surface area contributed by atoms with Crippen molar-refractivity contribution in [1.82, 2.24) is 9.80 Å². The fourth-order valence-electron chi connectivity index (χ4n) is 2.19. The molecule has 5 heteroatoms. The zero-order valence-corrected chi connectivity index (χ0v) is 12.3. The van der Waals surface area contributed by atoms with Crippen molar-refractivity contribution in [2.24, 2.45) is 5.73 Å². The summed E-state index contributed by atoms with van der Waals surface area (Å²) in [6.45, 7) is 7.29. The topological polar surface area (TPSA) is 49.6 Å². The van der Waals surface area contributed by atoms with Crippen molar-refractivity contribution >= 4 is 23.1 Å². The van der Waals surface area contributed by atoms with Crippen LogP contribution in [0.4, 0.5) is 0 Å². The highest BCUT2D eigenvalue weighted by molar-refractivity contribution is 7.80. The largest absolute Gasteiger partial charge is 0.393 e. The fourth-order valence-corrected chi connectivity index (χ4v) is 2.28. The number of thiocarbonyl (C=S) groups is 1. The molecule has 0 aromatic heterocycles. The van der Waals surface area contributed by atoms with Gasteiger partial charge < -0.3 is 10.6 Å². The molecule has 0 aromatic carbocycles. The molecule has 0 unspecified atom stereocenters. The van der Waals surface area contributed by atoms with Crippen molar-refractivity contribution in [3.05, 3.63) is 0 Å². The third-order valence-electron chi connectivity index (χ3n) is 3.42. The molecule has 1 saturated heterocycles. The average Bonchev–Trinajstić information content (AvgIpc) is 2.34. The van der Waals surface area contributed by atoms with Crippen molar-refractivity contribution in [2.45, 2.75) is 45.6 Å².